The van der Waals surface area contributed by atoms with Crippen LogP contribution >= 0.6 is 0 Å². The van der Waals surface area contributed by atoms with Crippen molar-refractivity contribution in [2.24, 2.45) is 0 Å². The van der Waals surface area contributed by atoms with Gasteiger partial charge in [-0.15, -0.1) is 0 Å². The van der Waals surface area contributed by atoms with Crippen LogP contribution in [-0.2, 0) is 30.7 Å². The highest BCUT2D eigenvalue weighted by atomic mass is 32.2. The second-order valence-corrected chi connectivity index (χ2v) is 12.5. The van der Waals surface area contributed by atoms with Crippen LogP contribution in [0.1, 0.15) is 38.8 Å². The van der Waals surface area contributed by atoms with E-state index in [-0.39, 0.29) is 32.9 Å². The number of aryl methyl sites for hydroxylation is 1. The average molecular weight is 552 g/mol. The Hall–Kier alpha value is -2.93. The zero-order chi connectivity index (χ0) is 28.3. The van der Waals surface area contributed by atoms with Gasteiger partial charge in [-0.05, 0) is 57.9 Å². The van der Waals surface area contributed by atoms with Crippen molar-refractivity contribution in [3.63, 3.8) is 0 Å². The van der Waals surface area contributed by atoms with Crippen molar-refractivity contribution in [1.29, 1.82) is 0 Å². The molecule has 12 heteroatoms. The van der Waals surface area contributed by atoms with E-state index in [0.29, 0.717) is 5.56 Å². The van der Waals surface area contributed by atoms with E-state index in [1.165, 1.54) is 23.1 Å². The molecule has 10 nitrogen and oxygen atoms in total. The van der Waals surface area contributed by atoms with Crippen molar-refractivity contribution < 1.29 is 32.0 Å². The lowest BCUT2D eigenvalue weighted by Crippen LogP contribution is -2.62. The molecule has 208 valence electrons. The minimum atomic E-state index is -4.31. The van der Waals surface area contributed by atoms with Crippen molar-refractivity contribution >= 4 is 21.6 Å². The van der Waals surface area contributed by atoms with Gasteiger partial charge in [0.05, 0.1) is 29.2 Å². The molecule has 0 aromatic heterocycles. The number of hydrogen-bond donors (Lipinski definition) is 0. The second-order valence-electron chi connectivity index (χ2n) is 10.6. The van der Waals surface area contributed by atoms with Gasteiger partial charge in [-0.2, -0.15) is 4.31 Å². The predicted molar refractivity (Wildman–Crippen MR) is 138 cm³/mol. The number of hydrogen-bond acceptors (Lipinski definition) is 7. The lowest BCUT2D eigenvalue weighted by Gasteiger charge is -2.45. The number of carbonyl (C=O) groups excluding carboxylic acids is 1. The van der Waals surface area contributed by atoms with Gasteiger partial charge in [0.25, 0.3) is 5.69 Å². The molecular formula is C26H34FN3O7S. The first kappa shape index (κ1) is 29.6. The Labute approximate surface area is 222 Å². The van der Waals surface area contributed by atoms with Gasteiger partial charge in [0.1, 0.15) is 12.6 Å². The van der Waals surface area contributed by atoms with Crippen LogP contribution < -0.4 is 0 Å². The molecule has 1 fully saturated rings. The van der Waals surface area contributed by atoms with E-state index >= 15 is 0 Å². The van der Waals surface area contributed by atoms with Crippen LogP contribution in [0.2, 0.25) is 0 Å². The third-order valence-electron chi connectivity index (χ3n) is 6.29. The molecule has 0 spiro atoms. The molecule has 1 atom stereocenters. The molecule has 1 saturated heterocycles. The summed E-state index contributed by atoms with van der Waals surface area (Å²) in [5, 5.41) is 11.4. The first-order chi connectivity index (χ1) is 17.6. The van der Waals surface area contributed by atoms with Crippen molar-refractivity contribution in [3.8, 4) is 0 Å². The fourth-order valence-electron chi connectivity index (χ4n) is 4.30. The highest BCUT2D eigenvalue weighted by Gasteiger charge is 2.43. The van der Waals surface area contributed by atoms with Crippen LogP contribution in [0.5, 0.6) is 0 Å². The Bertz CT molecular complexity index is 1300. The molecule has 0 saturated carbocycles. The lowest BCUT2D eigenvalue weighted by molar-refractivity contribution is -0.387. The molecule has 38 heavy (non-hydrogen) atoms. The molecule has 2 aromatic carbocycles. The highest BCUT2D eigenvalue weighted by Crippen LogP contribution is 2.30. The summed E-state index contributed by atoms with van der Waals surface area (Å²) in [6, 6.07) is 9.88. The van der Waals surface area contributed by atoms with E-state index in [0.717, 1.165) is 22.0 Å². The number of nitro benzene ring substituents is 1. The molecule has 1 amide bonds. The molecular weight excluding hydrogens is 517 g/mol. The summed E-state index contributed by atoms with van der Waals surface area (Å²) < 4.78 is 53.6. The van der Waals surface area contributed by atoms with Gasteiger partial charge in [0.15, 0.2) is 4.90 Å². The van der Waals surface area contributed by atoms with E-state index in [9.17, 15) is 27.7 Å². The quantitative estimate of drug-likeness (QED) is 0.191. The second kappa shape index (κ2) is 11.4. The number of nitrogens with zero attached hydrogens (tertiary/aromatic N) is 3. The molecule has 0 unspecified atom stereocenters. The summed E-state index contributed by atoms with van der Waals surface area (Å²) in [4.78, 5) is 25.0. The summed E-state index contributed by atoms with van der Waals surface area (Å²) >= 11 is 0. The first-order valence-corrected chi connectivity index (χ1v) is 13.6. The molecule has 3 rings (SSSR count). The normalized spacial score (nSPS) is 16.9. The van der Waals surface area contributed by atoms with Gasteiger partial charge >= 0.3 is 0 Å². The Balaban J connectivity index is 1.85. The van der Waals surface area contributed by atoms with E-state index in [4.69, 9.17) is 9.47 Å². The van der Waals surface area contributed by atoms with Crippen LogP contribution in [0.15, 0.2) is 47.4 Å². The number of piperazine rings is 1. The van der Waals surface area contributed by atoms with Crippen molar-refractivity contribution in [3.05, 3.63) is 69.5 Å². The molecule has 0 aliphatic carbocycles. The predicted octanol–water partition coefficient (Wildman–Crippen LogP) is 3.67. The maximum Gasteiger partial charge on any atom is 0.289 e. The lowest BCUT2D eigenvalue weighted by atomic mass is 9.90. The molecule has 0 bridgehead atoms. The number of sulfonamides is 1. The zero-order valence-corrected chi connectivity index (χ0v) is 23.1. The highest BCUT2D eigenvalue weighted by molar-refractivity contribution is 7.89. The monoisotopic (exact) mass is 551 g/mol. The van der Waals surface area contributed by atoms with E-state index < -0.39 is 54.9 Å². The summed E-state index contributed by atoms with van der Waals surface area (Å²) in [7, 11) is -4.31. The fourth-order valence-corrected chi connectivity index (χ4v) is 5.84. The van der Waals surface area contributed by atoms with Crippen molar-refractivity contribution in [2.75, 3.05) is 33.0 Å². The summed E-state index contributed by atoms with van der Waals surface area (Å²) in [5.41, 5.74) is -0.888. The number of halogens is 1. The minimum Gasteiger partial charge on any atom is -0.353 e. The third-order valence-corrected chi connectivity index (χ3v) is 8.18. The standard InChI is InChI=1S/C26H34FN3O7S/c1-19-10-11-20(21(27)14-19)15-26(5,17-36-18-37-25(2,3)4)29-13-12-28(16-24(29)31)38(34,35)23-9-7-6-8-22(23)30(32)33/h6-11,14H,12-13,15-18H2,1-5H3/t26-/m0/s1. The summed E-state index contributed by atoms with van der Waals surface area (Å²) in [6.07, 6.45) is 0.122. The maximum atomic E-state index is 14.8. The smallest absolute Gasteiger partial charge is 0.289 e. The van der Waals surface area contributed by atoms with Gasteiger partial charge in [0, 0.05) is 25.6 Å². The van der Waals surface area contributed by atoms with Crippen LogP contribution in [0.25, 0.3) is 0 Å². The van der Waals surface area contributed by atoms with E-state index in [1.54, 1.807) is 26.0 Å². The number of benzene rings is 2. The van der Waals surface area contributed by atoms with Gasteiger partial charge in [0.2, 0.25) is 15.9 Å². The molecule has 0 N–H and O–H groups in total. The van der Waals surface area contributed by atoms with E-state index in [2.05, 4.69) is 0 Å². The Morgan fingerprint density at radius 2 is 1.79 bits per heavy atom. The maximum absolute atomic E-state index is 14.8. The number of amides is 1. The number of rotatable bonds is 10. The number of ether oxygens (including phenoxy) is 2. The average Bonchev–Trinajstić information content (AvgIpc) is 2.83. The van der Waals surface area contributed by atoms with Crippen LogP contribution in [0.4, 0.5) is 10.1 Å². The SMILES string of the molecule is Cc1ccc(C[C@@](C)(COCOC(C)(C)C)N2CCN(S(=O)(=O)c3ccccc3[N+](=O)[O-])CC2=O)c(F)c1. The fraction of sp³-hybridized carbons (Fsp3) is 0.500. The topological polar surface area (TPSA) is 119 Å². The Kier molecular flexibility index (Phi) is 8.92. The summed E-state index contributed by atoms with van der Waals surface area (Å²) in [6.45, 7) is 8.50. The molecule has 1 aliphatic rings. The van der Waals surface area contributed by atoms with Gasteiger partial charge in [-0.1, -0.05) is 24.3 Å². The molecule has 0 radical (unpaired) electrons. The zero-order valence-electron chi connectivity index (χ0n) is 22.3. The number of nitro groups is 1. The Morgan fingerprint density at radius 1 is 1.11 bits per heavy atom. The van der Waals surface area contributed by atoms with E-state index in [1.807, 2.05) is 20.8 Å². The van der Waals surface area contributed by atoms with Crippen LogP contribution in [0, 0.1) is 22.9 Å². The van der Waals surface area contributed by atoms with Crippen molar-refractivity contribution in [1.82, 2.24) is 9.21 Å². The first-order valence-electron chi connectivity index (χ1n) is 12.1. The molecule has 1 heterocycles. The van der Waals surface area contributed by atoms with Crippen LogP contribution in [-0.4, -0.2) is 72.6 Å². The third kappa shape index (κ3) is 6.93. The molecule has 2 aromatic rings. The van der Waals surface area contributed by atoms with Gasteiger partial charge < -0.3 is 14.4 Å². The Morgan fingerprint density at radius 3 is 2.39 bits per heavy atom. The van der Waals surface area contributed by atoms with Gasteiger partial charge in [-0.25, -0.2) is 12.8 Å². The number of carbonyl (C=O) groups is 1. The molecule has 1 aliphatic heterocycles. The minimum absolute atomic E-state index is 0.00777. The van der Waals surface area contributed by atoms with Gasteiger partial charge in [-0.3, -0.25) is 14.9 Å². The number of para-hydroxylation sites is 1. The van der Waals surface area contributed by atoms with Crippen molar-refractivity contribution in [2.45, 2.75) is 57.1 Å². The van der Waals surface area contributed by atoms with Crippen LogP contribution in [0.3, 0.4) is 0 Å². The largest absolute Gasteiger partial charge is 0.353 e. The summed E-state index contributed by atoms with van der Waals surface area (Å²) in [5.74, 6) is -0.930.